The van der Waals surface area contributed by atoms with E-state index >= 15 is 0 Å². The molecule has 3 aliphatic heterocycles. The van der Waals surface area contributed by atoms with Gasteiger partial charge in [-0.15, -0.1) is 0 Å². The minimum atomic E-state index is -0.821. The summed E-state index contributed by atoms with van der Waals surface area (Å²) < 4.78 is 11.5. The van der Waals surface area contributed by atoms with Crippen molar-refractivity contribution in [3.63, 3.8) is 0 Å². The highest BCUT2D eigenvalue weighted by Crippen LogP contribution is 2.31. The van der Waals surface area contributed by atoms with E-state index in [4.69, 9.17) is 9.47 Å². The maximum atomic E-state index is 13.1. The largest absolute Gasteiger partial charge is 0.506 e. The number of fused-ring (bicyclic) bond motifs is 4. The minimum absolute atomic E-state index is 0.0462. The average molecular weight is 669 g/mol. The molecule has 2 bridgehead atoms. The number of nitrogens with zero attached hydrogens (tertiary/aromatic N) is 1. The number of aliphatic hydroxyl groups excluding tert-OH is 1. The van der Waals surface area contributed by atoms with E-state index in [0.29, 0.717) is 47.5 Å². The third-order valence-electron chi connectivity index (χ3n) is 9.54. The van der Waals surface area contributed by atoms with Gasteiger partial charge in [0.2, 0.25) is 5.56 Å². The zero-order chi connectivity index (χ0) is 34.2. The Balaban J connectivity index is 0.952. The summed E-state index contributed by atoms with van der Waals surface area (Å²) in [5, 5.41) is 27.7. The van der Waals surface area contributed by atoms with Crippen LogP contribution in [0.4, 0.5) is 4.79 Å². The van der Waals surface area contributed by atoms with Crippen molar-refractivity contribution in [2.75, 3.05) is 39.3 Å². The van der Waals surface area contributed by atoms with E-state index in [0.717, 1.165) is 56.4 Å². The number of aliphatic hydroxyl groups is 1. The first-order chi connectivity index (χ1) is 23.9. The summed E-state index contributed by atoms with van der Waals surface area (Å²) in [7, 11) is 0. The first-order valence-electron chi connectivity index (χ1n) is 17.1. The number of esters is 1. The number of ether oxygens (including phenoxy) is 2. The van der Waals surface area contributed by atoms with Gasteiger partial charge in [0.25, 0.3) is 0 Å². The summed E-state index contributed by atoms with van der Waals surface area (Å²) in [4.78, 5) is 42.7. The monoisotopic (exact) mass is 668 g/mol. The van der Waals surface area contributed by atoms with Gasteiger partial charge < -0.3 is 35.3 Å². The standard InChI is InChI=1S/C38H44N4O7/c43-31-14-12-29(30-13-15-34(45)40-36(30)31)32(44)23-39-18-5-2-6-21-48-37(46)28-11-7-10-27(22-28)35(26-8-3-1-4-9-26)41-38(47)49-33-24-42-19-16-25(33)17-20-42/h1,3-4,7-15,22,25,32-33,35,39,43-44H,2,5-6,16-21,23-24H2,(H,40,45)(H,41,47)/t32-,33-,35?/m0/s1. The molecule has 5 N–H and O–H groups in total. The van der Waals surface area contributed by atoms with Crippen molar-refractivity contribution in [3.8, 4) is 5.75 Å². The van der Waals surface area contributed by atoms with Gasteiger partial charge in [0, 0.05) is 24.5 Å². The molecular formula is C38H44N4O7. The van der Waals surface area contributed by atoms with Crippen molar-refractivity contribution in [1.82, 2.24) is 20.5 Å². The number of nitrogens with one attached hydrogen (secondary N) is 3. The molecule has 0 saturated carbocycles. The molecule has 11 nitrogen and oxygen atoms in total. The highest BCUT2D eigenvalue weighted by molar-refractivity contribution is 5.89. The van der Waals surface area contributed by atoms with Gasteiger partial charge in [-0.1, -0.05) is 48.5 Å². The molecule has 1 aromatic heterocycles. The molecule has 4 heterocycles. The Kier molecular flexibility index (Phi) is 11.2. The van der Waals surface area contributed by atoms with Crippen LogP contribution in [0.25, 0.3) is 10.9 Å². The summed E-state index contributed by atoms with van der Waals surface area (Å²) in [6.07, 6.45) is 3.04. The maximum absolute atomic E-state index is 13.1. The topological polar surface area (TPSA) is 153 Å². The van der Waals surface area contributed by atoms with Crippen molar-refractivity contribution in [2.24, 2.45) is 5.92 Å². The molecule has 3 aliphatic rings. The fourth-order valence-electron chi connectivity index (χ4n) is 6.86. The number of aromatic nitrogens is 1. The van der Waals surface area contributed by atoms with Gasteiger partial charge in [-0.05, 0) is 98.6 Å². The van der Waals surface area contributed by atoms with Crippen LogP contribution in [0.15, 0.2) is 83.7 Å². The van der Waals surface area contributed by atoms with Gasteiger partial charge in [0.1, 0.15) is 11.9 Å². The van der Waals surface area contributed by atoms with Gasteiger partial charge in [-0.3, -0.25) is 9.69 Å². The number of hydrogen-bond donors (Lipinski definition) is 5. The van der Waals surface area contributed by atoms with Crippen molar-refractivity contribution < 1.29 is 29.3 Å². The van der Waals surface area contributed by atoms with Crippen LogP contribution in [0.3, 0.4) is 0 Å². The Morgan fingerprint density at radius 3 is 2.51 bits per heavy atom. The number of phenols is 1. The summed E-state index contributed by atoms with van der Waals surface area (Å²) in [5.74, 6) is -0.0667. The number of pyridine rings is 1. The van der Waals surface area contributed by atoms with E-state index in [1.54, 1.807) is 30.3 Å². The third kappa shape index (κ3) is 8.66. The van der Waals surface area contributed by atoms with Crippen molar-refractivity contribution in [2.45, 2.75) is 50.4 Å². The lowest BCUT2D eigenvalue weighted by molar-refractivity contribution is -0.0336. The highest BCUT2D eigenvalue weighted by atomic mass is 16.6. The number of rotatable bonds is 14. The van der Waals surface area contributed by atoms with Crippen LogP contribution in [0, 0.1) is 5.92 Å². The number of aromatic amines is 1. The number of carbonyl (C=O) groups excluding carboxylic acids is 2. The molecule has 3 aromatic carbocycles. The molecule has 3 fully saturated rings. The van der Waals surface area contributed by atoms with Crippen LogP contribution >= 0.6 is 0 Å². The molecule has 7 rings (SSSR count). The Bertz CT molecular complexity index is 1790. The molecule has 1 amide bonds. The summed E-state index contributed by atoms with van der Waals surface area (Å²) in [6.45, 7) is 4.15. The number of alkyl carbamates (subject to hydrolysis) is 1. The molecule has 49 heavy (non-hydrogen) atoms. The lowest BCUT2D eigenvalue weighted by Crippen LogP contribution is -2.52. The molecule has 4 aromatic rings. The molecular weight excluding hydrogens is 624 g/mol. The fraction of sp³-hybridized carbons (Fsp3) is 0.395. The lowest BCUT2D eigenvalue weighted by Gasteiger charge is -2.43. The number of H-pyrrole nitrogens is 1. The predicted molar refractivity (Wildman–Crippen MR) is 185 cm³/mol. The highest BCUT2D eigenvalue weighted by Gasteiger charge is 2.37. The molecule has 3 saturated heterocycles. The number of aromatic hydroxyl groups is 1. The molecule has 11 heteroatoms. The molecule has 0 spiro atoms. The number of amides is 1. The second kappa shape index (κ2) is 16.1. The average Bonchev–Trinajstić information content (AvgIpc) is 3.13. The number of unbranched alkanes of at least 4 members (excludes halogenated alkanes) is 2. The SMILES string of the molecule is O=C(NC(c1ccccc1)c1cccc(C(=O)OCCCCCNC[C@H](O)c2ccc(O)c3[nH]c(=O)ccc23)c1)O[C@H]1CN2CCC1CC2. The van der Waals surface area contributed by atoms with Crippen LogP contribution in [0.5, 0.6) is 5.75 Å². The molecule has 1 unspecified atom stereocenters. The van der Waals surface area contributed by atoms with Crippen molar-refractivity contribution >= 4 is 23.0 Å². The number of carbonyl (C=O) groups is 2. The lowest BCUT2D eigenvalue weighted by atomic mass is 9.86. The number of phenolic OH excluding ortho intramolecular Hbond substituents is 1. The van der Waals surface area contributed by atoms with Gasteiger partial charge >= 0.3 is 12.1 Å². The van der Waals surface area contributed by atoms with E-state index in [1.165, 1.54) is 12.1 Å². The van der Waals surface area contributed by atoms with Crippen LogP contribution in [0.2, 0.25) is 0 Å². The Morgan fingerprint density at radius 2 is 1.73 bits per heavy atom. The third-order valence-corrected chi connectivity index (χ3v) is 9.54. The number of piperidine rings is 3. The molecule has 0 radical (unpaired) electrons. The van der Waals surface area contributed by atoms with Crippen LogP contribution < -0.4 is 16.2 Å². The fourth-order valence-corrected chi connectivity index (χ4v) is 6.86. The number of hydrogen-bond acceptors (Lipinski definition) is 9. The van der Waals surface area contributed by atoms with Crippen molar-refractivity contribution in [3.05, 3.63) is 111 Å². The Morgan fingerprint density at radius 1 is 0.939 bits per heavy atom. The van der Waals surface area contributed by atoms with Gasteiger partial charge in [-0.2, -0.15) is 0 Å². The van der Waals surface area contributed by atoms with E-state index < -0.39 is 24.2 Å². The quantitative estimate of drug-likeness (QED) is 0.0943. The molecule has 0 aliphatic carbocycles. The van der Waals surface area contributed by atoms with E-state index in [-0.39, 0.29) is 24.0 Å². The second-order valence-electron chi connectivity index (χ2n) is 12.9. The van der Waals surface area contributed by atoms with E-state index in [2.05, 4.69) is 20.5 Å². The van der Waals surface area contributed by atoms with Crippen molar-refractivity contribution in [1.29, 1.82) is 0 Å². The molecule has 3 atom stereocenters. The second-order valence-corrected chi connectivity index (χ2v) is 12.9. The minimum Gasteiger partial charge on any atom is -0.506 e. The van der Waals surface area contributed by atoms with Crippen LogP contribution in [-0.4, -0.2) is 77.6 Å². The zero-order valence-corrected chi connectivity index (χ0v) is 27.5. The normalized spacial score (nSPS) is 19.7. The van der Waals surface area contributed by atoms with Gasteiger partial charge in [0.15, 0.2) is 0 Å². The van der Waals surface area contributed by atoms with Crippen LogP contribution in [0.1, 0.15) is 71.3 Å². The predicted octanol–water partition coefficient (Wildman–Crippen LogP) is 4.79. The van der Waals surface area contributed by atoms with Gasteiger partial charge in [-0.25, -0.2) is 9.59 Å². The summed E-state index contributed by atoms with van der Waals surface area (Å²) in [6, 6.07) is 22.4. The van der Waals surface area contributed by atoms with Crippen LogP contribution in [-0.2, 0) is 9.47 Å². The Labute approximate surface area is 285 Å². The first-order valence-corrected chi connectivity index (χ1v) is 17.1. The van der Waals surface area contributed by atoms with Gasteiger partial charge in [0.05, 0.1) is 29.8 Å². The first kappa shape index (κ1) is 34.2. The number of benzene rings is 3. The maximum Gasteiger partial charge on any atom is 0.408 e. The summed E-state index contributed by atoms with van der Waals surface area (Å²) >= 11 is 0. The molecule has 258 valence electrons. The van der Waals surface area contributed by atoms with E-state index in [1.807, 2.05) is 36.4 Å². The summed E-state index contributed by atoms with van der Waals surface area (Å²) in [5.41, 5.74) is 2.64. The van der Waals surface area contributed by atoms with E-state index in [9.17, 15) is 24.6 Å². The Hall–Kier alpha value is -4.71. The smallest absolute Gasteiger partial charge is 0.408 e. The zero-order valence-electron chi connectivity index (χ0n) is 27.5.